The van der Waals surface area contributed by atoms with Gasteiger partial charge in [0.05, 0.1) is 0 Å². The second-order valence-electron chi connectivity index (χ2n) is 4.11. The van der Waals surface area contributed by atoms with E-state index >= 15 is 0 Å². The monoisotopic (exact) mass is 295 g/mol. The lowest BCUT2D eigenvalue weighted by Gasteiger charge is -2.08. The van der Waals surface area contributed by atoms with Crippen LogP contribution in [0.1, 0.15) is 18.3 Å². The van der Waals surface area contributed by atoms with Crippen molar-refractivity contribution in [2.75, 3.05) is 11.9 Å². The van der Waals surface area contributed by atoms with E-state index in [0.29, 0.717) is 36.6 Å². The molecule has 4 nitrogen and oxygen atoms in total. The van der Waals surface area contributed by atoms with Crippen LogP contribution in [-0.2, 0) is 17.9 Å². The van der Waals surface area contributed by atoms with Gasteiger partial charge in [-0.25, -0.2) is 14.4 Å². The minimum absolute atomic E-state index is 0.262. The van der Waals surface area contributed by atoms with E-state index in [2.05, 4.69) is 15.3 Å². The molecule has 0 fully saturated rings. The third-order valence-electron chi connectivity index (χ3n) is 2.54. The number of halogens is 2. The Kier molecular flexibility index (Phi) is 5.26. The molecule has 2 aromatic rings. The van der Waals surface area contributed by atoms with E-state index in [1.54, 1.807) is 12.1 Å². The van der Waals surface area contributed by atoms with Crippen LogP contribution < -0.4 is 5.32 Å². The fraction of sp³-hybridized carbons (Fsp3) is 0.286. The van der Waals surface area contributed by atoms with Gasteiger partial charge in [0.2, 0.25) is 0 Å². The van der Waals surface area contributed by atoms with Crippen LogP contribution in [0.4, 0.5) is 10.2 Å². The molecule has 1 aromatic carbocycles. The van der Waals surface area contributed by atoms with Crippen LogP contribution in [0.2, 0.25) is 5.15 Å². The van der Waals surface area contributed by atoms with Crippen molar-refractivity contribution in [2.24, 2.45) is 0 Å². The van der Waals surface area contributed by atoms with Gasteiger partial charge in [-0.1, -0.05) is 23.7 Å². The van der Waals surface area contributed by atoms with Crippen molar-refractivity contribution in [3.8, 4) is 0 Å². The van der Waals surface area contributed by atoms with Crippen LogP contribution in [0.3, 0.4) is 0 Å². The number of hydrogen-bond donors (Lipinski definition) is 1. The summed E-state index contributed by atoms with van der Waals surface area (Å²) in [5.41, 5.74) is 0.825. The molecular weight excluding hydrogens is 281 g/mol. The summed E-state index contributed by atoms with van der Waals surface area (Å²) in [6.45, 7) is 3.25. The molecule has 0 atom stereocenters. The molecule has 1 N–H and O–H groups in total. The molecule has 0 aliphatic rings. The van der Waals surface area contributed by atoms with E-state index in [0.717, 1.165) is 5.56 Å². The summed E-state index contributed by atoms with van der Waals surface area (Å²) in [6.07, 6.45) is 0. The average Bonchev–Trinajstić information content (AvgIpc) is 2.42. The summed E-state index contributed by atoms with van der Waals surface area (Å²) in [4.78, 5) is 8.35. The van der Waals surface area contributed by atoms with E-state index < -0.39 is 0 Å². The quantitative estimate of drug-likeness (QED) is 0.830. The number of hydrogen-bond acceptors (Lipinski definition) is 4. The van der Waals surface area contributed by atoms with E-state index in [1.165, 1.54) is 12.1 Å². The first-order valence-corrected chi connectivity index (χ1v) is 6.64. The highest BCUT2D eigenvalue weighted by atomic mass is 35.5. The fourth-order valence-corrected chi connectivity index (χ4v) is 1.85. The van der Waals surface area contributed by atoms with Crippen molar-refractivity contribution >= 4 is 17.4 Å². The average molecular weight is 296 g/mol. The molecule has 0 aliphatic carbocycles. The molecule has 20 heavy (non-hydrogen) atoms. The molecule has 0 unspecified atom stereocenters. The normalized spacial score (nSPS) is 10.6. The summed E-state index contributed by atoms with van der Waals surface area (Å²) in [6, 6.07) is 8.00. The lowest BCUT2D eigenvalue weighted by atomic mass is 10.2. The summed E-state index contributed by atoms with van der Waals surface area (Å²) in [7, 11) is 0. The second-order valence-corrected chi connectivity index (χ2v) is 4.50. The Hall–Kier alpha value is -1.72. The van der Waals surface area contributed by atoms with E-state index in [1.807, 2.05) is 13.0 Å². The SMILES string of the molecule is CCOCc1nc(Cl)cc(NCc2cccc(F)c2)n1. The van der Waals surface area contributed by atoms with Gasteiger partial charge >= 0.3 is 0 Å². The first-order valence-electron chi connectivity index (χ1n) is 6.27. The molecule has 106 valence electrons. The molecule has 0 amide bonds. The Morgan fingerprint density at radius 2 is 2.15 bits per heavy atom. The summed E-state index contributed by atoms with van der Waals surface area (Å²) in [5, 5.41) is 3.43. The highest BCUT2D eigenvalue weighted by Crippen LogP contribution is 2.13. The van der Waals surface area contributed by atoms with Crippen molar-refractivity contribution < 1.29 is 9.13 Å². The number of nitrogens with one attached hydrogen (secondary N) is 1. The molecule has 1 aromatic heterocycles. The number of anilines is 1. The molecule has 6 heteroatoms. The predicted molar refractivity (Wildman–Crippen MR) is 76.1 cm³/mol. The van der Waals surface area contributed by atoms with Crippen molar-refractivity contribution in [1.82, 2.24) is 9.97 Å². The topological polar surface area (TPSA) is 47.0 Å². The first kappa shape index (κ1) is 14.7. The molecule has 0 aliphatic heterocycles. The van der Waals surface area contributed by atoms with Crippen LogP contribution >= 0.6 is 11.6 Å². The van der Waals surface area contributed by atoms with E-state index in [-0.39, 0.29) is 5.82 Å². The molecule has 0 radical (unpaired) electrons. The van der Waals surface area contributed by atoms with Crippen molar-refractivity contribution in [1.29, 1.82) is 0 Å². The molecular formula is C14H15ClFN3O. The zero-order valence-corrected chi connectivity index (χ0v) is 11.8. The number of benzene rings is 1. The number of ether oxygens (including phenoxy) is 1. The van der Waals surface area contributed by atoms with Gasteiger partial charge < -0.3 is 10.1 Å². The summed E-state index contributed by atoms with van der Waals surface area (Å²) < 4.78 is 18.3. The number of rotatable bonds is 6. The van der Waals surface area contributed by atoms with Gasteiger partial charge in [-0.2, -0.15) is 0 Å². The standard InChI is InChI=1S/C14H15ClFN3O/c1-2-20-9-14-18-12(15)7-13(19-14)17-8-10-4-3-5-11(16)6-10/h3-7H,2,8-9H2,1H3,(H,17,18,19). The van der Waals surface area contributed by atoms with Crippen LogP contribution in [0.5, 0.6) is 0 Å². The summed E-state index contributed by atoms with van der Waals surface area (Å²) >= 11 is 5.93. The van der Waals surface area contributed by atoms with Crippen molar-refractivity contribution in [3.05, 3.63) is 52.7 Å². The van der Waals surface area contributed by atoms with Crippen LogP contribution in [0.15, 0.2) is 30.3 Å². The lowest BCUT2D eigenvalue weighted by Crippen LogP contribution is -2.06. The lowest BCUT2D eigenvalue weighted by molar-refractivity contribution is 0.128. The first-order chi connectivity index (χ1) is 9.67. The highest BCUT2D eigenvalue weighted by Gasteiger charge is 2.04. The fourth-order valence-electron chi connectivity index (χ4n) is 1.65. The molecule has 0 saturated carbocycles. The van der Waals surface area contributed by atoms with Gasteiger partial charge in [-0.3, -0.25) is 0 Å². The van der Waals surface area contributed by atoms with Gasteiger partial charge in [0.15, 0.2) is 5.82 Å². The predicted octanol–water partition coefficient (Wildman–Crippen LogP) is 3.42. The Morgan fingerprint density at radius 3 is 2.90 bits per heavy atom. The van der Waals surface area contributed by atoms with Gasteiger partial charge in [0, 0.05) is 19.2 Å². The number of aromatic nitrogens is 2. The zero-order valence-electron chi connectivity index (χ0n) is 11.1. The molecule has 1 heterocycles. The van der Waals surface area contributed by atoms with Gasteiger partial charge in [0.25, 0.3) is 0 Å². The minimum atomic E-state index is -0.262. The molecule has 2 rings (SSSR count). The smallest absolute Gasteiger partial charge is 0.158 e. The minimum Gasteiger partial charge on any atom is -0.374 e. The maximum atomic E-state index is 13.1. The van der Waals surface area contributed by atoms with Gasteiger partial charge in [-0.15, -0.1) is 0 Å². The van der Waals surface area contributed by atoms with E-state index in [9.17, 15) is 4.39 Å². The van der Waals surface area contributed by atoms with Crippen molar-refractivity contribution in [3.63, 3.8) is 0 Å². The zero-order chi connectivity index (χ0) is 14.4. The van der Waals surface area contributed by atoms with Gasteiger partial charge in [-0.05, 0) is 24.6 Å². The van der Waals surface area contributed by atoms with E-state index in [4.69, 9.17) is 16.3 Å². The second kappa shape index (κ2) is 7.17. The Labute approximate surface area is 122 Å². The van der Waals surface area contributed by atoms with Crippen LogP contribution in [0, 0.1) is 5.82 Å². The third-order valence-corrected chi connectivity index (χ3v) is 2.73. The van der Waals surface area contributed by atoms with Crippen LogP contribution in [-0.4, -0.2) is 16.6 Å². The largest absolute Gasteiger partial charge is 0.374 e. The van der Waals surface area contributed by atoms with Crippen LogP contribution in [0.25, 0.3) is 0 Å². The Bertz CT molecular complexity index is 580. The highest BCUT2D eigenvalue weighted by molar-refractivity contribution is 6.29. The Morgan fingerprint density at radius 1 is 1.30 bits per heavy atom. The van der Waals surface area contributed by atoms with Gasteiger partial charge in [0.1, 0.15) is 23.4 Å². The Balaban J connectivity index is 2.03. The van der Waals surface area contributed by atoms with Crippen molar-refractivity contribution in [2.45, 2.75) is 20.1 Å². The number of nitrogens with zero attached hydrogens (tertiary/aromatic N) is 2. The maximum absolute atomic E-state index is 13.1. The molecule has 0 spiro atoms. The maximum Gasteiger partial charge on any atom is 0.158 e. The molecule has 0 bridgehead atoms. The third kappa shape index (κ3) is 4.43. The molecule has 0 saturated heterocycles. The summed E-state index contributed by atoms with van der Waals surface area (Å²) in [5.74, 6) is 0.840.